The molecule has 0 radical (unpaired) electrons. The minimum atomic E-state index is -0.517. The van der Waals surface area contributed by atoms with Crippen molar-refractivity contribution < 1.29 is 19.1 Å². The van der Waals surface area contributed by atoms with Crippen LogP contribution in [0.25, 0.3) is 0 Å². The van der Waals surface area contributed by atoms with Crippen LogP contribution >= 0.6 is 0 Å². The molecule has 0 N–H and O–H groups in total. The number of methoxy groups -OCH3 is 1. The van der Waals surface area contributed by atoms with Crippen molar-refractivity contribution in [3.8, 4) is 0 Å². The lowest BCUT2D eigenvalue weighted by Gasteiger charge is -2.26. The van der Waals surface area contributed by atoms with Gasteiger partial charge in [-0.05, 0) is 27.2 Å². The van der Waals surface area contributed by atoms with Gasteiger partial charge >= 0.3 is 5.97 Å². The summed E-state index contributed by atoms with van der Waals surface area (Å²) in [5.74, 6) is -0.369. The van der Waals surface area contributed by atoms with E-state index in [9.17, 15) is 9.59 Å². The van der Waals surface area contributed by atoms with Gasteiger partial charge in [-0.15, -0.1) is 0 Å². The van der Waals surface area contributed by atoms with Crippen molar-refractivity contribution in [2.45, 2.75) is 45.3 Å². The van der Waals surface area contributed by atoms with Crippen LogP contribution in [0.15, 0.2) is 0 Å². The van der Waals surface area contributed by atoms with Gasteiger partial charge in [0.25, 0.3) is 0 Å². The number of hydrogen-bond acceptors (Lipinski definition) is 4. The van der Waals surface area contributed by atoms with E-state index in [1.807, 2.05) is 20.8 Å². The molecule has 0 bridgehead atoms. The lowest BCUT2D eigenvalue weighted by molar-refractivity contribution is -0.159. The SMILES string of the molecule is COC[C@@H]1CCC(=O)N1CC(=O)OC(C)(C)C. The van der Waals surface area contributed by atoms with E-state index in [2.05, 4.69) is 0 Å². The molecule has 0 spiro atoms. The van der Waals surface area contributed by atoms with Crippen molar-refractivity contribution in [3.63, 3.8) is 0 Å². The number of carbonyl (C=O) groups excluding carboxylic acids is 2. The topological polar surface area (TPSA) is 55.8 Å². The Hall–Kier alpha value is -1.10. The number of likely N-dealkylation sites (tertiary alicyclic amines) is 1. The fourth-order valence-electron chi connectivity index (χ4n) is 1.89. The summed E-state index contributed by atoms with van der Waals surface area (Å²) in [5.41, 5.74) is -0.517. The summed E-state index contributed by atoms with van der Waals surface area (Å²) < 4.78 is 10.2. The molecule has 1 saturated heterocycles. The summed E-state index contributed by atoms with van der Waals surface area (Å²) in [6.07, 6.45) is 1.23. The van der Waals surface area contributed by atoms with Gasteiger partial charge in [-0.3, -0.25) is 9.59 Å². The van der Waals surface area contributed by atoms with Gasteiger partial charge in [0, 0.05) is 13.5 Å². The van der Waals surface area contributed by atoms with Gasteiger partial charge in [-0.25, -0.2) is 0 Å². The molecule has 5 heteroatoms. The molecule has 1 aliphatic heterocycles. The van der Waals surface area contributed by atoms with Crippen LogP contribution in [0.3, 0.4) is 0 Å². The fraction of sp³-hybridized carbons (Fsp3) is 0.833. The maximum Gasteiger partial charge on any atom is 0.326 e. The molecule has 5 nitrogen and oxygen atoms in total. The number of esters is 1. The molecular formula is C12H21NO4. The van der Waals surface area contributed by atoms with Crippen LogP contribution in [-0.2, 0) is 19.1 Å². The summed E-state index contributed by atoms with van der Waals surface area (Å²) in [6, 6.07) is 0.0000170. The molecule has 1 fully saturated rings. The monoisotopic (exact) mass is 243 g/mol. The van der Waals surface area contributed by atoms with E-state index in [1.54, 1.807) is 12.0 Å². The van der Waals surface area contributed by atoms with Crippen molar-refractivity contribution in [1.29, 1.82) is 0 Å². The predicted molar refractivity (Wildman–Crippen MR) is 62.5 cm³/mol. The number of amides is 1. The van der Waals surface area contributed by atoms with Crippen LogP contribution in [0.2, 0.25) is 0 Å². The zero-order chi connectivity index (χ0) is 13.1. The molecule has 0 unspecified atom stereocenters. The Kier molecular flexibility index (Phi) is 4.51. The lowest BCUT2D eigenvalue weighted by Crippen LogP contribution is -2.41. The maximum atomic E-state index is 11.7. The zero-order valence-electron chi connectivity index (χ0n) is 11.0. The molecule has 0 aromatic rings. The first-order valence-corrected chi connectivity index (χ1v) is 5.84. The molecule has 1 heterocycles. The quantitative estimate of drug-likeness (QED) is 0.690. The maximum absolute atomic E-state index is 11.7. The first-order chi connectivity index (χ1) is 7.83. The minimum Gasteiger partial charge on any atom is -0.459 e. The Morgan fingerprint density at radius 3 is 2.65 bits per heavy atom. The average Bonchev–Trinajstić information content (AvgIpc) is 2.47. The number of ether oxygens (including phenoxy) is 2. The van der Waals surface area contributed by atoms with E-state index in [0.29, 0.717) is 13.0 Å². The number of rotatable bonds is 4. The van der Waals surface area contributed by atoms with Crippen molar-refractivity contribution in [2.75, 3.05) is 20.3 Å². The average molecular weight is 243 g/mol. The third kappa shape index (κ3) is 4.34. The number of nitrogens with zero attached hydrogens (tertiary/aromatic N) is 1. The summed E-state index contributed by atoms with van der Waals surface area (Å²) in [7, 11) is 1.59. The van der Waals surface area contributed by atoms with Gasteiger partial charge in [-0.1, -0.05) is 0 Å². The lowest BCUT2D eigenvalue weighted by atomic mass is 10.2. The summed E-state index contributed by atoms with van der Waals surface area (Å²) >= 11 is 0. The zero-order valence-corrected chi connectivity index (χ0v) is 11.0. The smallest absolute Gasteiger partial charge is 0.326 e. The molecule has 0 aliphatic carbocycles. The molecular weight excluding hydrogens is 222 g/mol. The number of carbonyl (C=O) groups is 2. The van der Waals surface area contributed by atoms with Crippen molar-refractivity contribution in [3.05, 3.63) is 0 Å². The third-order valence-corrected chi connectivity index (χ3v) is 2.53. The molecule has 1 aliphatic rings. The standard InChI is InChI=1S/C12H21NO4/c1-12(2,3)17-11(15)7-13-9(8-16-4)5-6-10(13)14/h9H,5-8H2,1-4H3/t9-/m0/s1. The largest absolute Gasteiger partial charge is 0.459 e. The van der Waals surface area contributed by atoms with Crippen LogP contribution in [0.4, 0.5) is 0 Å². The molecule has 1 amide bonds. The van der Waals surface area contributed by atoms with Gasteiger partial charge in [0.05, 0.1) is 12.6 Å². The van der Waals surface area contributed by atoms with Crippen molar-refractivity contribution in [1.82, 2.24) is 4.90 Å². The van der Waals surface area contributed by atoms with Crippen LogP contribution in [-0.4, -0.2) is 48.7 Å². The van der Waals surface area contributed by atoms with Crippen LogP contribution in [0.5, 0.6) is 0 Å². The summed E-state index contributed by atoms with van der Waals surface area (Å²) in [5, 5.41) is 0. The van der Waals surface area contributed by atoms with E-state index >= 15 is 0 Å². The predicted octanol–water partition coefficient (Wildman–Crippen LogP) is 0.965. The highest BCUT2D eigenvalue weighted by atomic mass is 16.6. The molecule has 0 aromatic carbocycles. The first-order valence-electron chi connectivity index (χ1n) is 5.84. The van der Waals surface area contributed by atoms with Gasteiger partial charge in [0.2, 0.25) is 5.91 Å². The molecule has 0 saturated carbocycles. The molecule has 1 rings (SSSR count). The molecule has 17 heavy (non-hydrogen) atoms. The van der Waals surface area contributed by atoms with Crippen LogP contribution < -0.4 is 0 Å². The molecule has 98 valence electrons. The van der Waals surface area contributed by atoms with Crippen LogP contribution in [0, 0.1) is 0 Å². The van der Waals surface area contributed by atoms with Crippen LogP contribution in [0.1, 0.15) is 33.6 Å². The van der Waals surface area contributed by atoms with Gasteiger partial charge in [-0.2, -0.15) is 0 Å². The summed E-state index contributed by atoms with van der Waals surface area (Å²) in [6.45, 7) is 5.91. The van der Waals surface area contributed by atoms with Gasteiger partial charge in [0.1, 0.15) is 12.1 Å². The van der Waals surface area contributed by atoms with Crippen molar-refractivity contribution >= 4 is 11.9 Å². The van der Waals surface area contributed by atoms with E-state index in [1.165, 1.54) is 0 Å². The van der Waals surface area contributed by atoms with Gasteiger partial charge in [0.15, 0.2) is 0 Å². The Balaban J connectivity index is 2.53. The number of hydrogen-bond donors (Lipinski definition) is 0. The second-order valence-electron chi connectivity index (χ2n) is 5.26. The Labute approximate surface area is 102 Å². The Morgan fingerprint density at radius 2 is 2.12 bits per heavy atom. The molecule has 1 atom stereocenters. The second kappa shape index (κ2) is 5.49. The molecule has 0 aromatic heterocycles. The van der Waals surface area contributed by atoms with E-state index in [0.717, 1.165) is 6.42 Å². The Bertz CT molecular complexity index is 295. The fourth-order valence-corrected chi connectivity index (χ4v) is 1.89. The summed E-state index contributed by atoms with van der Waals surface area (Å²) in [4.78, 5) is 24.8. The van der Waals surface area contributed by atoms with Crippen molar-refractivity contribution in [2.24, 2.45) is 0 Å². The highest BCUT2D eigenvalue weighted by Crippen LogP contribution is 2.19. The van der Waals surface area contributed by atoms with E-state index in [-0.39, 0.29) is 24.5 Å². The normalized spacial score (nSPS) is 20.8. The first kappa shape index (κ1) is 14.0. The van der Waals surface area contributed by atoms with Gasteiger partial charge < -0.3 is 14.4 Å². The highest BCUT2D eigenvalue weighted by molar-refractivity contribution is 5.84. The third-order valence-electron chi connectivity index (χ3n) is 2.53. The second-order valence-corrected chi connectivity index (χ2v) is 5.26. The Morgan fingerprint density at radius 1 is 1.47 bits per heavy atom. The minimum absolute atomic E-state index is 0.0000170. The highest BCUT2D eigenvalue weighted by Gasteiger charge is 2.33. The van der Waals surface area contributed by atoms with E-state index < -0.39 is 5.60 Å². The van der Waals surface area contributed by atoms with E-state index in [4.69, 9.17) is 9.47 Å².